The van der Waals surface area contributed by atoms with E-state index < -0.39 is 0 Å². The van der Waals surface area contributed by atoms with Crippen LogP contribution in [0, 0.1) is 11.3 Å². The average molecular weight is 320 g/mol. The van der Waals surface area contributed by atoms with E-state index in [1.807, 2.05) is 6.07 Å². The maximum absolute atomic E-state index is 11.9. The summed E-state index contributed by atoms with van der Waals surface area (Å²) in [5, 5.41) is 15.1. The molecular formula is C15H11Cl2N3O. The van der Waals surface area contributed by atoms with Crippen molar-refractivity contribution in [3.05, 3.63) is 58.1 Å². The molecule has 0 aliphatic heterocycles. The number of hydrogen-bond acceptors (Lipinski definition) is 3. The molecule has 0 aliphatic carbocycles. The zero-order valence-electron chi connectivity index (χ0n) is 10.9. The number of halogens is 2. The number of rotatable bonds is 4. The summed E-state index contributed by atoms with van der Waals surface area (Å²) in [7, 11) is 0. The van der Waals surface area contributed by atoms with Gasteiger partial charge in [0.15, 0.2) is 0 Å². The largest absolute Gasteiger partial charge is 0.376 e. The summed E-state index contributed by atoms with van der Waals surface area (Å²) in [4.78, 5) is 11.9. The molecule has 2 N–H and O–H groups in total. The van der Waals surface area contributed by atoms with Crippen molar-refractivity contribution in [2.45, 2.75) is 0 Å². The molecule has 0 fully saturated rings. The van der Waals surface area contributed by atoms with Gasteiger partial charge in [0.2, 0.25) is 5.91 Å². The monoisotopic (exact) mass is 319 g/mol. The van der Waals surface area contributed by atoms with Gasteiger partial charge in [-0.2, -0.15) is 5.26 Å². The zero-order valence-corrected chi connectivity index (χ0v) is 12.4. The van der Waals surface area contributed by atoms with Gasteiger partial charge in [0.1, 0.15) is 0 Å². The van der Waals surface area contributed by atoms with Crippen LogP contribution in [-0.2, 0) is 4.79 Å². The smallest absolute Gasteiger partial charge is 0.243 e. The van der Waals surface area contributed by atoms with Gasteiger partial charge in [-0.15, -0.1) is 0 Å². The Morgan fingerprint density at radius 1 is 1.19 bits per heavy atom. The minimum absolute atomic E-state index is 0.0533. The molecule has 0 bridgehead atoms. The molecule has 2 rings (SSSR count). The Balaban J connectivity index is 1.96. The van der Waals surface area contributed by atoms with Crippen molar-refractivity contribution < 1.29 is 4.79 Å². The van der Waals surface area contributed by atoms with Crippen LogP contribution in [0.5, 0.6) is 0 Å². The van der Waals surface area contributed by atoms with Crippen LogP contribution in [0.1, 0.15) is 5.56 Å². The second kappa shape index (κ2) is 6.98. The third-order valence-corrected chi connectivity index (χ3v) is 3.49. The van der Waals surface area contributed by atoms with Gasteiger partial charge in [0, 0.05) is 5.69 Å². The fraction of sp³-hybridized carbons (Fsp3) is 0.0667. The minimum atomic E-state index is -0.262. The Bertz CT molecular complexity index is 710. The van der Waals surface area contributed by atoms with Crippen LogP contribution in [-0.4, -0.2) is 12.5 Å². The van der Waals surface area contributed by atoms with E-state index in [0.29, 0.717) is 27.0 Å². The maximum atomic E-state index is 11.9. The first-order chi connectivity index (χ1) is 10.1. The number of nitriles is 1. The van der Waals surface area contributed by atoms with Gasteiger partial charge >= 0.3 is 0 Å². The standard InChI is InChI=1S/C15H11Cl2N3O/c16-12-5-2-6-13(15(12)17)20-14(21)9-19-11-4-1-3-10(7-11)8-18/h1-7,19H,9H2,(H,20,21). The van der Waals surface area contributed by atoms with Crippen LogP contribution in [0.25, 0.3) is 0 Å². The van der Waals surface area contributed by atoms with Crippen LogP contribution in [0.2, 0.25) is 10.0 Å². The number of nitrogens with one attached hydrogen (secondary N) is 2. The number of carbonyl (C=O) groups excluding carboxylic acids is 1. The van der Waals surface area contributed by atoms with Crippen LogP contribution in [0.4, 0.5) is 11.4 Å². The van der Waals surface area contributed by atoms with Gasteiger partial charge in [0.25, 0.3) is 0 Å². The molecule has 0 unspecified atom stereocenters. The Morgan fingerprint density at radius 3 is 2.71 bits per heavy atom. The number of nitrogens with zero attached hydrogens (tertiary/aromatic N) is 1. The molecule has 0 saturated heterocycles. The molecule has 0 aromatic heterocycles. The van der Waals surface area contributed by atoms with Gasteiger partial charge in [-0.1, -0.05) is 35.3 Å². The summed E-state index contributed by atoms with van der Waals surface area (Å²) in [6.07, 6.45) is 0. The van der Waals surface area contributed by atoms with Crippen molar-refractivity contribution in [1.82, 2.24) is 0 Å². The van der Waals surface area contributed by atoms with Crippen LogP contribution in [0.3, 0.4) is 0 Å². The van der Waals surface area contributed by atoms with E-state index >= 15 is 0 Å². The average Bonchev–Trinajstić information content (AvgIpc) is 2.50. The maximum Gasteiger partial charge on any atom is 0.243 e. The zero-order chi connectivity index (χ0) is 15.2. The molecule has 21 heavy (non-hydrogen) atoms. The van der Waals surface area contributed by atoms with Gasteiger partial charge in [-0.25, -0.2) is 0 Å². The van der Waals surface area contributed by atoms with Gasteiger partial charge < -0.3 is 10.6 Å². The summed E-state index contributed by atoms with van der Waals surface area (Å²) in [5.41, 5.74) is 1.68. The summed E-state index contributed by atoms with van der Waals surface area (Å²) >= 11 is 11.9. The van der Waals surface area contributed by atoms with E-state index in [0.717, 1.165) is 0 Å². The molecule has 0 radical (unpaired) electrons. The van der Waals surface area contributed by atoms with Crippen LogP contribution >= 0.6 is 23.2 Å². The van der Waals surface area contributed by atoms with Crippen molar-refractivity contribution in [2.24, 2.45) is 0 Å². The highest BCUT2D eigenvalue weighted by Crippen LogP contribution is 2.29. The van der Waals surface area contributed by atoms with Crippen LogP contribution < -0.4 is 10.6 Å². The molecule has 106 valence electrons. The Labute approximate surface area is 132 Å². The lowest BCUT2D eigenvalue weighted by Crippen LogP contribution is -2.21. The van der Waals surface area contributed by atoms with Crippen molar-refractivity contribution in [2.75, 3.05) is 17.2 Å². The van der Waals surface area contributed by atoms with Crippen molar-refractivity contribution in [3.8, 4) is 6.07 Å². The number of carbonyl (C=O) groups is 1. The van der Waals surface area contributed by atoms with E-state index in [4.69, 9.17) is 28.5 Å². The highest BCUT2D eigenvalue weighted by atomic mass is 35.5. The Hall–Kier alpha value is -2.22. The topological polar surface area (TPSA) is 64.9 Å². The molecule has 0 atom stereocenters. The lowest BCUT2D eigenvalue weighted by molar-refractivity contribution is -0.114. The summed E-state index contributed by atoms with van der Waals surface area (Å²) in [5.74, 6) is -0.262. The molecule has 2 aromatic rings. The predicted molar refractivity (Wildman–Crippen MR) is 84.7 cm³/mol. The van der Waals surface area contributed by atoms with Crippen molar-refractivity contribution in [3.63, 3.8) is 0 Å². The number of amides is 1. The fourth-order valence-corrected chi connectivity index (χ4v) is 2.02. The summed E-state index contributed by atoms with van der Waals surface area (Å²) < 4.78 is 0. The summed E-state index contributed by atoms with van der Waals surface area (Å²) in [6, 6.07) is 13.9. The number of benzene rings is 2. The SMILES string of the molecule is N#Cc1cccc(NCC(=O)Nc2cccc(Cl)c2Cl)c1. The molecular weight excluding hydrogens is 309 g/mol. The lowest BCUT2D eigenvalue weighted by Gasteiger charge is -2.09. The molecule has 1 amide bonds. The van der Waals surface area contributed by atoms with Crippen molar-refractivity contribution in [1.29, 1.82) is 5.26 Å². The number of hydrogen-bond donors (Lipinski definition) is 2. The highest BCUT2D eigenvalue weighted by Gasteiger charge is 2.08. The lowest BCUT2D eigenvalue weighted by atomic mass is 10.2. The quantitative estimate of drug-likeness (QED) is 0.897. The van der Waals surface area contributed by atoms with Gasteiger partial charge in [-0.3, -0.25) is 4.79 Å². The van der Waals surface area contributed by atoms with E-state index in [1.54, 1.807) is 42.5 Å². The second-order valence-corrected chi connectivity index (χ2v) is 4.98. The van der Waals surface area contributed by atoms with E-state index in [9.17, 15) is 4.79 Å². The highest BCUT2D eigenvalue weighted by molar-refractivity contribution is 6.44. The first-order valence-electron chi connectivity index (χ1n) is 6.08. The minimum Gasteiger partial charge on any atom is -0.376 e. The third-order valence-electron chi connectivity index (χ3n) is 2.67. The summed E-state index contributed by atoms with van der Waals surface area (Å²) in [6.45, 7) is 0.0533. The molecule has 2 aromatic carbocycles. The first kappa shape index (κ1) is 15.2. The third kappa shape index (κ3) is 4.12. The van der Waals surface area contributed by atoms with E-state index in [-0.39, 0.29) is 12.5 Å². The van der Waals surface area contributed by atoms with E-state index in [1.165, 1.54) is 0 Å². The molecule has 0 spiro atoms. The first-order valence-corrected chi connectivity index (χ1v) is 6.83. The molecule has 0 saturated carbocycles. The van der Waals surface area contributed by atoms with Crippen LogP contribution in [0.15, 0.2) is 42.5 Å². The van der Waals surface area contributed by atoms with Crippen molar-refractivity contribution >= 4 is 40.5 Å². The Morgan fingerprint density at radius 2 is 1.95 bits per heavy atom. The molecule has 4 nitrogen and oxygen atoms in total. The number of anilines is 2. The molecule has 6 heteroatoms. The van der Waals surface area contributed by atoms with Gasteiger partial charge in [0.05, 0.1) is 33.9 Å². The normalized spacial score (nSPS) is 9.76. The van der Waals surface area contributed by atoms with Gasteiger partial charge in [-0.05, 0) is 30.3 Å². The molecule has 0 heterocycles. The fourth-order valence-electron chi connectivity index (χ4n) is 1.68. The second-order valence-electron chi connectivity index (χ2n) is 4.20. The molecule has 0 aliphatic rings. The van der Waals surface area contributed by atoms with E-state index in [2.05, 4.69) is 10.6 Å². The predicted octanol–water partition coefficient (Wildman–Crippen LogP) is 3.92. The Kier molecular flexibility index (Phi) is 5.04.